The summed E-state index contributed by atoms with van der Waals surface area (Å²) in [5.74, 6) is -13.2. The van der Waals surface area contributed by atoms with Gasteiger partial charge in [-0.3, -0.25) is 71.9 Å². The first kappa shape index (κ1) is 119. The van der Waals surface area contributed by atoms with Crippen LogP contribution < -0.4 is 75.3 Å². The molecule has 0 unspecified atom stereocenters. The molecule has 1 fully saturated rings. The zero-order valence-corrected chi connectivity index (χ0v) is 85.1. The Labute approximate surface area is 857 Å². The first-order valence-electron chi connectivity index (χ1n) is 50.2. The van der Waals surface area contributed by atoms with Crippen molar-refractivity contribution in [1.29, 1.82) is 0 Å². The van der Waals surface area contributed by atoms with E-state index in [1.807, 2.05) is 24.3 Å². The number of imidazole rings is 1. The van der Waals surface area contributed by atoms with Crippen LogP contribution in [-0.4, -0.2) is 280 Å². The Morgan fingerprint density at radius 2 is 1.12 bits per heavy atom. The van der Waals surface area contributed by atoms with Crippen LogP contribution in [0.25, 0.3) is 10.9 Å². The van der Waals surface area contributed by atoms with Crippen molar-refractivity contribution >= 4 is 129 Å². The van der Waals surface area contributed by atoms with Crippen molar-refractivity contribution in [2.24, 2.45) is 11.5 Å². The van der Waals surface area contributed by atoms with Crippen LogP contribution in [0.15, 0.2) is 110 Å². The molecule has 2 aromatic heterocycles. The highest BCUT2D eigenvalue weighted by atomic mass is 32.2. The number of carboxylic acid groups (broad SMARTS) is 2. The van der Waals surface area contributed by atoms with Gasteiger partial charge in [0.2, 0.25) is 82.7 Å². The minimum Gasteiger partial charge on any atom is -0.508 e. The highest BCUT2D eigenvalue weighted by Gasteiger charge is 2.49. The van der Waals surface area contributed by atoms with Gasteiger partial charge in [-0.1, -0.05) is 145 Å². The molecule has 6 aromatic rings. The fourth-order valence-corrected chi connectivity index (χ4v) is 18.5. The number of aliphatic carboxylic acids is 2. The number of hydrogen-bond donors (Lipinski definition) is 19. The molecule has 0 spiro atoms. The molecule has 0 saturated carbocycles. The van der Waals surface area contributed by atoms with Crippen LogP contribution in [0.4, 0.5) is 4.39 Å². The summed E-state index contributed by atoms with van der Waals surface area (Å²) in [4.78, 5) is 233. The summed E-state index contributed by atoms with van der Waals surface area (Å²) in [6.45, 7) is 5.45. The van der Waals surface area contributed by atoms with Crippen molar-refractivity contribution in [3.63, 3.8) is 0 Å². The molecule has 21 N–H and O–H groups in total. The molecule has 44 heteroatoms. The quantitative estimate of drug-likeness (QED) is 0.0230. The molecule has 0 radical (unpaired) electrons. The Balaban J connectivity index is 0.893. The number of phenols is 1. The van der Waals surface area contributed by atoms with Crippen LogP contribution in [0.5, 0.6) is 5.75 Å². The van der Waals surface area contributed by atoms with Crippen molar-refractivity contribution in [1.82, 2.24) is 83.7 Å². The molecule has 800 valence electrons. The van der Waals surface area contributed by atoms with E-state index in [0.29, 0.717) is 65.1 Å². The standard InChI is InChI=1S/C102H145FN18O23S2/c1-4-5-6-7-8-9-10-11-12-13-14-15-16-24-87(124)114-79(100(138)139)35-36-86(123)107-40-43-141-45-47-143-60-89(126)108-41-44-142-46-48-144-61-90(127)110-57-69-27-25-67(26-28-69)51-80-95(133)116-81(53-72-58-109-77-34-31-73(103)54-76(72)77)96(134)118-83(56-91(128)129)98(136)117-82(55-74-59-106-65-111-74)97(135)119-84(52-68-29-32-75(122)33-30-68)99(137)121-42-20-38-102(121,3)101(140)120-85(92(105)130)64-146-63-71-22-19-21-70(50-71)62-145-49-37-88(125)113-78(23-17-18-39-104)94(132)112-66(2)93(131)115-80/h19,21-22,25-34,50,54,58-59,65-66,78-85,109,122H,4-18,20,23-24,35-49,51-53,55-57,60-64,104H2,1-3H3,(H2,105,130)(H,106,111)(H,107,123)(H,108,126)(H,110,127)(H,112,132)(H,113,125)(H,114,124)(H,115,131)(H,116,133)(H,117,136)(H,118,134)(H,119,135)(H,120,140)(H,128,129)(H,138,139)/t66-,78+,79+,80+,81+,82+,83+,84+,85+,102+/m1/s1. The molecule has 2 bridgehead atoms. The summed E-state index contributed by atoms with van der Waals surface area (Å²) in [6.07, 6.45) is 17.9. The predicted molar refractivity (Wildman–Crippen MR) is 545 cm³/mol. The number of carboxylic acids is 2. The first-order valence-corrected chi connectivity index (χ1v) is 52.5. The number of carbonyl (C=O) groups is 16. The zero-order valence-electron chi connectivity index (χ0n) is 83.5. The maximum absolute atomic E-state index is 15.4. The average Bonchev–Trinajstić information content (AvgIpc) is 1.62. The monoisotopic (exact) mass is 2070 g/mol. The van der Waals surface area contributed by atoms with Gasteiger partial charge in [-0.2, -0.15) is 23.5 Å². The lowest BCUT2D eigenvalue weighted by atomic mass is 9.95. The van der Waals surface area contributed by atoms with Crippen LogP contribution in [0.3, 0.4) is 0 Å². The number of H-pyrrole nitrogens is 2. The second-order valence-corrected chi connectivity index (χ2v) is 38.8. The Morgan fingerprint density at radius 3 is 1.74 bits per heavy atom. The van der Waals surface area contributed by atoms with Crippen LogP contribution in [0.2, 0.25) is 0 Å². The van der Waals surface area contributed by atoms with Gasteiger partial charge in [0.15, 0.2) is 0 Å². The fourth-order valence-electron chi connectivity index (χ4n) is 16.6. The number of thioether (sulfide) groups is 2. The summed E-state index contributed by atoms with van der Waals surface area (Å²) in [6, 6.07) is 9.64. The van der Waals surface area contributed by atoms with Crippen molar-refractivity contribution < 1.29 is 115 Å². The van der Waals surface area contributed by atoms with E-state index in [2.05, 4.69) is 85.7 Å². The summed E-state index contributed by atoms with van der Waals surface area (Å²) in [5, 5.41) is 62.7. The Hall–Kier alpha value is -12.6. The molecular formula is C102H145FN18O23S2. The third kappa shape index (κ3) is 43.6. The van der Waals surface area contributed by atoms with Crippen LogP contribution in [0.1, 0.15) is 208 Å². The molecule has 2 aliphatic heterocycles. The van der Waals surface area contributed by atoms with Gasteiger partial charge >= 0.3 is 11.9 Å². The Morgan fingerprint density at radius 1 is 0.568 bits per heavy atom. The number of halogens is 1. The number of rotatable bonds is 52. The topological polar surface area (TPSA) is 615 Å². The molecule has 4 aromatic carbocycles. The number of aromatic amines is 2. The van der Waals surface area contributed by atoms with Gasteiger partial charge in [-0.05, 0) is 129 Å². The van der Waals surface area contributed by atoms with Gasteiger partial charge in [-0.25, -0.2) is 14.2 Å². The molecule has 1 saturated heterocycles. The third-order valence-corrected chi connectivity index (χ3v) is 27.0. The van der Waals surface area contributed by atoms with E-state index < -0.39 is 174 Å². The first-order chi connectivity index (χ1) is 70.3. The maximum Gasteiger partial charge on any atom is 0.326 e. The van der Waals surface area contributed by atoms with E-state index in [0.717, 1.165) is 36.5 Å². The number of nitrogens with one attached hydrogen (secondary N) is 14. The van der Waals surface area contributed by atoms with E-state index in [-0.39, 0.29) is 171 Å². The molecule has 146 heavy (non-hydrogen) atoms. The highest BCUT2D eigenvalue weighted by molar-refractivity contribution is 7.98. The molecule has 0 aliphatic carbocycles. The van der Waals surface area contributed by atoms with Gasteiger partial charge < -0.3 is 124 Å². The maximum atomic E-state index is 15.4. The minimum atomic E-state index is -2.08. The van der Waals surface area contributed by atoms with Crippen LogP contribution in [-0.2, 0) is 139 Å². The summed E-state index contributed by atoms with van der Waals surface area (Å²) < 4.78 is 37.1. The molecule has 14 amide bonds. The minimum absolute atomic E-state index is 0.00582. The highest BCUT2D eigenvalue weighted by Crippen LogP contribution is 2.32. The smallest absolute Gasteiger partial charge is 0.326 e. The lowest BCUT2D eigenvalue weighted by Crippen LogP contribution is -2.63. The average molecular weight is 2070 g/mol. The number of primary amides is 1. The zero-order chi connectivity index (χ0) is 106. The van der Waals surface area contributed by atoms with E-state index in [1.54, 1.807) is 24.3 Å². The molecule has 4 heterocycles. The van der Waals surface area contributed by atoms with Gasteiger partial charge in [0.05, 0.1) is 52.4 Å². The number of carbonyl (C=O) groups excluding carboxylic acids is 14. The normalized spacial score (nSPS) is 19.8. The van der Waals surface area contributed by atoms with E-state index >= 15 is 28.4 Å². The molecule has 8 rings (SSSR count). The van der Waals surface area contributed by atoms with Gasteiger partial charge in [0.25, 0.3) is 0 Å². The molecular weight excluding hydrogens is 1930 g/mol. The summed E-state index contributed by atoms with van der Waals surface area (Å²) in [5.41, 5.74) is 14.1. The van der Waals surface area contributed by atoms with Crippen LogP contribution >= 0.6 is 23.5 Å². The lowest BCUT2D eigenvalue weighted by Gasteiger charge is -2.37. The number of hydrogen-bond acceptors (Lipinski definition) is 25. The van der Waals surface area contributed by atoms with E-state index in [4.69, 9.17) is 30.4 Å². The molecule has 2 aliphatic rings. The second-order valence-electron chi connectivity index (χ2n) is 36.6. The number of nitrogens with two attached hydrogens (primary N) is 2. The van der Waals surface area contributed by atoms with Crippen molar-refractivity contribution in [2.45, 2.75) is 272 Å². The summed E-state index contributed by atoms with van der Waals surface area (Å²) >= 11 is 2.76. The number of nitrogens with zero attached hydrogens (tertiary/aromatic N) is 2. The number of benzene rings is 4. The van der Waals surface area contributed by atoms with Gasteiger partial charge in [0, 0.05) is 123 Å². The Kier molecular flexibility index (Phi) is 52.9. The van der Waals surface area contributed by atoms with E-state index in [1.165, 1.54) is 155 Å². The lowest BCUT2D eigenvalue weighted by molar-refractivity contribution is -0.147. The third-order valence-electron chi connectivity index (χ3n) is 24.8. The predicted octanol–water partition coefficient (Wildman–Crippen LogP) is 4.69. The Bertz CT molecular complexity index is 5200. The number of ether oxygens (including phenoxy) is 4. The number of unbranched alkanes of at least 4 members (excludes halogenated alkanes) is 13. The van der Waals surface area contributed by atoms with Crippen LogP contribution in [0, 0.1) is 5.82 Å². The van der Waals surface area contributed by atoms with Gasteiger partial charge in [0.1, 0.15) is 84.7 Å². The molecule has 41 nitrogen and oxygen atoms in total. The SMILES string of the molecule is CCCCCCCCCCCCCCCC(=O)N[C@@H](CCC(=O)NCCOCCOCC(=O)NCCOCCOCC(=O)NCc1ccc(C[C@@H]2NC(=O)[C@@H](C)NC(=O)[C@H](CCCCN)NC(=O)CCSCc3cccc(c3)CSC[C@@H](C(N)=O)NC(=O)[C@]3(C)CCCN3C(=O)[C@H](Cc3ccc(O)cc3)NC(=O)[C@H](Cc3cnc[nH]3)NC(=O)[C@H](CC(=O)O)NC(=O)[C@H](Cc3c[nH]c4ccc(F)cc34)NC2=O)cc1)C(=O)O. The largest absolute Gasteiger partial charge is 0.508 e. The van der Waals surface area contributed by atoms with Gasteiger partial charge in [-0.15, -0.1) is 0 Å². The summed E-state index contributed by atoms with van der Waals surface area (Å²) in [7, 11) is 0. The van der Waals surface area contributed by atoms with Crippen molar-refractivity contribution in [3.05, 3.63) is 155 Å². The second kappa shape index (κ2) is 65.1. The van der Waals surface area contributed by atoms with Crippen molar-refractivity contribution in [3.8, 4) is 5.75 Å². The molecule has 10 atom stereocenters. The number of fused-ring (bicyclic) bond motifs is 4. The van der Waals surface area contributed by atoms with E-state index in [9.17, 15) is 68.1 Å². The number of phenolic OH excluding ortho intramolecular Hbond substituents is 1. The number of aromatic nitrogens is 3. The van der Waals surface area contributed by atoms with Crippen molar-refractivity contribution in [2.75, 3.05) is 90.5 Å². The number of amides is 14. The fraction of sp³-hybridized carbons (Fsp3) is 0.559. The number of aromatic hydroxyl groups is 1.